The van der Waals surface area contributed by atoms with Crippen LogP contribution in [0.2, 0.25) is 0 Å². The molecule has 2 saturated heterocycles. The summed E-state index contributed by atoms with van der Waals surface area (Å²) in [5.41, 5.74) is 2.72. The lowest BCUT2D eigenvalue weighted by Gasteiger charge is -2.41. The second-order valence-corrected chi connectivity index (χ2v) is 8.22. The van der Waals surface area contributed by atoms with Gasteiger partial charge in [0.15, 0.2) is 0 Å². The number of hydrogen-bond acceptors (Lipinski definition) is 4. The van der Waals surface area contributed by atoms with Crippen LogP contribution in [0.25, 0.3) is 0 Å². The van der Waals surface area contributed by atoms with Gasteiger partial charge in [-0.2, -0.15) is 0 Å². The maximum absolute atomic E-state index is 10.7. The molecule has 1 unspecified atom stereocenters. The molecule has 0 radical (unpaired) electrons. The summed E-state index contributed by atoms with van der Waals surface area (Å²) in [5, 5.41) is 14.1. The first-order valence-electron chi connectivity index (χ1n) is 10.8. The molecule has 150 valence electrons. The van der Waals surface area contributed by atoms with Gasteiger partial charge in [0.1, 0.15) is 0 Å². The van der Waals surface area contributed by atoms with E-state index in [-0.39, 0.29) is 6.10 Å². The molecule has 0 amide bonds. The molecule has 0 spiro atoms. The van der Waals surface area contributed by atoms with Crippen LogP contribution in [0.15, 0.2) is 60.7 Å². The van der Waals surface area contributed by atoms with E-state index in [2.05, 4.69) is 75.8 Å². The van der Waals surface area contributed by atoms with Crippen LogP contribution in [0.4, 0.5) is 0 Å². The van der Waals surface area contributed by atoms with Crippen molar-refractivity contribution >= 4 is 0 Å². The van der Waals surface area contributed by atoms with Gasteiger partial charge >= 0.3 is 0 Å². The Hall–Kier alpha value is -1.72. The van der Waals surface area contributed by atoms with E-state index in [4.69, 9.17) is 0 Å². The molecule has 4 nitrogen and oxygen atoms in total. The summed E-state index contributed by atoms with van der Waals surface area (Å²) in [6.07, 6.45) is 2.02. The molecular formula is C24H33N3O. The van der Waals surface area contributed by atoms with Crippen LogP contribution in [0.5, 0.6) is 0 Å². The first-order valence-corrected chi connectivity index (χ1v) is 10.8. The van der Waals surface area contributed by atoms with E-state index in [1.54, 1.807) is 0 Å². The van der Waals surface area contributed by atoms with Crippen molar-refractivity contribution in [1.82, 2.24) is 15.1 Å². The van der Waals surface area contributed by atoms with Gasteiger partial charge in [0.25, 0.3) is 0 Å². The lowest BCUT2D eigenvalue weighted by atomic mass is 9.91. The zero-order valence-electron chi connectivity index (χ0n) is 16.7. The van der Waals surface area contributed by atoms with Crippen molar-refractivity contribution in [2.45, 2.75) is 25.0 Å². The molecule has 2 fully saturated rings. The number of nitrogens with zero attached hydrogens (tertiary/aromatic N) is 2. The van der Waals surface area contributed by atoms with Gasteiger partial charge in [-0.3, -0.25) is 9.80 Å². The number of aliphatic hydroxyl groups is 1. The highest BCUT2D eigenvalue weighted by molar-refractivity contribution is 5.31. The minimum atomic E-state index is -0.187. The van der Waals surface area contributed by atoms with Crippen molar-refractivity contribution in [3.63, 3.8) is 0 Å². The van der Waals surface area contributed by atoms with Crippen LogP contribution in [0.3, 0.4) is 0 Å². The highest BCUT2D eigenvalue weighted by atomic mass is 16.3. The number of benzene rings is 2. The topological polar surface area (TPSA) is 38.7 Å². The predicted molar refractivity (Wildman–Crippen MR) is 114 cm³/mol. The van der Waals surface area contributed by atoms with Crippen LogP contribution < -0.4 is 5.32 Å². The van der Waals surface area contributed by atoms with Gasteiger partial charge in [-0.05, 0) is 43.0 Å². The molecule has 4 rings (SSSR count). The maximum Gasteiger partial charge on any atom is 0.0696 e. The average molecular weight is 380 g/mol. The van der Waals surface area contributed by atoms with Gasteiger partial charge in [-0.1, -0.05) is 60.7 Å². The van der Waals surface area contributed by atoms with Gasteiger partial charge in [-0.15, -0.1) is 0 Å². The summed E-state index contributed by atoms with van der Waals surface area (Å²) in [7, 11) is 0. The van der Waals surface area contributed by atoms with Crippen molar-refractivity contribution in [2.75, 3.05) is 45.8 Å². The minimum absolute atomic E-state index is 0.187. The summed E-state index contributed by atoms with van der Waals surface area (Å²) < 4.78 is 0. The Labute approximate surface area is 169 Å². The number of piperazine rings is 1. The zero-order valence-corrected chi connectivity index (χ0v) is 16.7. The molecule has 2 aliphatic rings. The van der Waals surface area contributed by atoms with Crippen molar-refractivity contribution in [1.29, 1.82) is 0 Å². The largest absolute Gasteiger partial charge is 0.392 e. The monoisotopic (exact) mass is 379 g/mol. The Kier molecular flexibility index (Phi) is 6.76. The van der Waals surface area contributed by atoms with Gasteiger partial charge in [0.2, 0.25) is 0 Å². The molecule has 2 aromatic carbocycles. The summed E-state index contributed by atoms with van der Waals surface area (Å²) in [5.74, 6) is 0.459. The van der Waals surface area contributed by atoms with E-state index in [0.29, 0.717) is 12.0 Å². The molecule has 4 heteroatoms. The summed E-state index contributed by atoms with van der Waals surface area (Å²) in [4.78, 5) is 5.05. The van der Waals surface area contributed by atoms with Crippen molar-refractivity contribution in [3.05, 3.63) is 71.8 Å². The summed E-state index contributed by atoms with van der Waals surface area (Å²) in [6.45, 7) is 7.04. The SMILES string of the molecule is OC(CN1CCN(C(c2ccccc2)c2ccccc2)CC1)C1CCNCC1. The Morgan fingerprint density at radius 1 is 0.821 bits per heavy atom. The van der Waals surface area contributed by atoms with Crippen molar-refractivity contribution in [3.8, 4) is 0 Å². The smallest absolute Gasteiger partial charge is 0.0696 e. The standard InChI is InChI=1S/C24H33N3O/c28-23(20-11-13-25-14-12-20)19-26-15-17-27(18-16-26)24(21-7-3-1-4-8-21)22-9-5-2-6-10-22/h1-10,20,23-25,28H,11-19H2. The number of hydrogen-bond donors (Lipinski definition) is 2. The number of aliphatic hydroxyl groups excluding tert-OH is 1. The van der Waals surface area contributed by atoms with Crippen LogP contribution in [0, 0.1) is 5.92 Å². The molecule has 2 aromatic rings. The van der Waals surface area contributed by atoms with Gasteiger partial charge in [-0.25, -0.2) is 0 Å². The lowest BCUT2D eigenvalue weighted by molar-refractivity contribution is 0.0268. The zero-order chi connectivity index (χ0) is 19.2. The van der Waals surface area contributed by atoms with Crippen molar-refractivity contribution < 1.29 is 5.11 Å². The van der Waals surface area contributed by atoms with E-state index in [1.807, 2.05) is 0 Å². The van der Waals surface area contributed by atoms with E-state index in [1.165, 1.54) is 11.1 Å². The fourth-order valence-corrected chi connectivity index (χ4v) is 4.73. The van der Waals surface area contributed by atoms with E-state index < -0.39 is 0 Å². The maximum atomic E-state index is 10.7. The molecule has 1 atom stereocenters. The van der Waals surface area contributed by atoms with Crippen LogP contribution in [-0.4, -0.2) is 66.8 Å². The normalized spacial score (nSPS) is 21.1. The quantitative estimate of drug-likeness (QED) is 0.810. The third-order valence-corrected chi connectivity index (χ3v) is 6.38. The molecular weight excluding hydrogens is 346 g/mol. The number of rotatable bonds is 6. The fraction of sp³-hybridized carbons (Fsp3) is 0.500. The fourth-order valence-electron chi connectivity index (χ4n) is 4.73. The third-order valence-electron chi connectivity index (χ3n) is 6.38. The average Bonchev–Trinajstić information content (AvgIpc) is 2.77. The Balaban J connectivity index is 1.39. The minimum Gasteiger partial charge on any atom is -0.392 e. The van der Waals surface area contributed by atoms with Gasteiger partial charge in [0.05, 0.1) is 12.1 Å². The second-order valence-electron chi connectivity index (χ2n) is 8.22. The second kappa shape index (κ2) is 9.66. The molecule has 0 aromatic heterocycles. The number of piperidine rings is 1. The molecule has 2 N–H and O–H groups in total. The van der Waals surface area contributed by atoms with Gasteiger partial charge in [0, 0.05) is 32.7 Å². The Morgan fingerprint density at radius 3 is 1.89 bits per heavy atom. The molecule has 2 aliphatic heterocycles. The highest BCUT2D eigenvalue weighted by Crippen LogP contribution is 2.29. The highest BCUT2D eigenvalue weighted by Gasteiger charge is 2.29. The van der Waals surface area contributed by atoms with Crippen LogP contribution in [-0.2, 0) is 0 Å². The first kappa shape index (κ1) is 19.6. The van der Waals surface area contributed by atoms with E-state index in [9.17, 15) is 5.11 Å². The Bertz CT molecular complexity index is 655. The van der Waals surface area contributed by atoms with E-state index >= 15 is 0 Å². The molecule has 2 heterocycles. The van der Waals surface area contributed by atoms with Crippen LogP contribution in [0.1, 0.15) is 30.0 Å². The lowest BCUT2D eigenvalue weighted by Crippen LogP contribution is -2.51. The van der Waals surface area contributed by atoms with E-state index in [0.717, 1.165) is 58.7 Å². The molecule has 0 saturated carbocycles. The molecule has 0 aliphatic carbocycles. The Morgan fingerprint density at radius 2 is 1.36 bits per heavy atom. The van der Waals surface area contributed by atoms with Gasteiger partial charge < -0.3 is 10.4 Å². The number of nitrogens with one attached hydrogen (secondary N) is 1. The summed E-state index contributed by atoms with van der Waals surface area (Å²) >= 11 is 0. The number of β-amino-alcohol motifs (C(OH)–C–C–N with tert-alkyl or cyclic N) is 1. The predicted octanol–water partition coefficient (Wildman–Crippen LogP) is 2.75. The summed E-state index contributed by atoms with van der Waals surface area (Å²) in [6, 6.07) is 22.0. The molecule has 0 bridgehead atoms. The van der Waals surface area contributed by atoms with Crippen LogP contribution >= 0.6 is 0 Å². The first-order chi connectivity index (χ1) is 13.8. The molecule has 28 heavy (non-hydrogen) atoms. The third kappa shape index (κ3) is 4.81. The van der Waals surface area contributed by atoms with Crippen molar-refractivity contribution in [2.24, 2.45) is 5.92 Å².